The first-order valence-corrected chi connectivity index (χ1v) is 5.18. The minimum atomic E-state index is 0.571. The number of benzene rings is 1. The Morgan fingerprint density at radius 3 is 3.00 bits per heavy atom. The van der Waals surface area contributed by atoms with E-state index in [2.05, 4.69) is 9.97 Å². The van der Waals surface area contributed by atoms with Gasteiger partial charge < -0.3 is 4.98 Å². The minimum absolute atomic E-state index is 0.571. The lowest BCUT2D eigenvalue weighted by molar-refractivity contribution is 0.955. The molecule has 72 valence electrons. The highest BCUT2D eigenvalue weighted by Crippen LogP contribution is 2.22. The van der Waals surface area contributed by atoms with E-state index < -0.39 is 0 Å². The van der Waals surface area contributed by atoms with Gasteiger partial charge in [-0.2, -0.15) is 0 Å². The van der Waals surface area contributed by atoms with E-state index in [0.29, 0.717) is 9.66 Å². The third-order valence-corrected chi connectivity index (χ3v) is 2.69. The quantitative estimate of drug-likeness (QED) is 0.751. The average molecular weight is 225 g/mol. The van der Waals surface area contributed by atoms with Crippen LogP contribution in [0.3, 0.4) is 0 Å². The van der Waals surface area contributed by atoms with E-state index in [9.17, 15) is 0 Å². The zero-order valence-corrected chi connectivity index (χ0v) is 9.25. The summed E-state index contributed by atoms with van der Waals surface area (Å²) in [4.78, 5) is 7.45. The largest absolute Gasteiger partial charge is 0.343 e. The van der Waals surface area contributed by atoms with Crippen molar-refractivity contribution in [3.05, 3.63) is 33.7 Å². The third-order valence-electron chi connectivity index (χ3n) is 2.08. The molecule has 0 aliphatic heterocycles. The van der Waals surface area contributed by atoms with E-state index in [1.807, 2.05) is 25.1 Å². The highest BCUT2D eigenvalue weighted by molar-refractivity contribution is 7.71. The van der Waals surface area contributed by atoms with Gasteiger partial charge in [-0.15, -0.1) is 0 Å². The Balaban J connectivity index is 2.90. The van der Waals surface area contributed by atoms with Crippen molar-refractivity contribution in [1.82, 2.24) is 9.97 Å². The van der Waals surface area contributed by atoms with Gasteiger partial charge in [-0.1, -0.05) is 36.8 Å². The summed E-state index contributed by atoms with van der Waals surface area (Å²) in [5.41, 5.74) is 0.953. The first-order valence-electron chi connectivity index (χ1n) is 4.39. The van der Waals surface area contributed by atoms with Gasteiger partial charge in [0.2, 0.25) is 0 Å². The molecule has 0 radical (unpaired) electrons. The second-order valence-electron chi connectivity index (χ2n) is 3.00. The van der Waals surface area contributed by atoms with Crippen LogP contribution >= 0.6 is 23.8 Å². The first kappa shape index (κ1) is 9.62. The number of H-pyrrole nitrogens is 1. The van der Waals surface area contributed by atoms with E-state index in [1.165, 1.54) is 0 Å². The second-order valence-corrected chi connectivity index (χ2v) is 3.80. The SMILES string of the molecule is CCc1nc(=S)c2c(Cl)cccc2[nH]1. The van der Waals surface area contributed by atoms with Gasteiger partial charge in [0, 0.05) is 6.42 Å². The summed E-state index contributed by atoms with van der Waals surface area (Å²) in [5, 5.41) is 1.49. The van der Waals surface area contributed by atoms with Gasteiger partial charge in [0.05, 0.1) is 15.9 Å². The van der Waals surface area contributed by atoms with Crippen LogP contribution in [0.2, 0.25) is 5.02 Å². The molecule has 14 heavy (non-hydrogen) atoms. The van der Waals surface area contributed by atoms with Crippen molar-refractivity contribution in [2.24, 2.45) is 0 Å². The van der Waals surface area contributed by atoms with Crippen LogP contribution in [0.5, 0.6) is 0 Å². The van der Waals surface area contributed by atoms with Crippen molar-refractivity contribution in [2.45, 2.75) is 13.3 Å². The average Bonchev–Trinajstić information content (AvgIpc) is 2.17. The highest BCUT2D eigenvalue weighted by Gasteiger charge is 2.02. The predicted octanol–water partition coefficient (Wildman–Crippen LogP) is 3.51. The molecule has 0 fully saturated rings. The number of aryl methyl sites for hydroxylation is 1. The first-order chi connectivity index (χ1) is 6.72. The maximum Gasteiger partial charge on any atom is 0.139 e. The number of hydrogen-bond donors (Lipinski definition) is 1. The Kier molecular flexibility index (Phi) is 2.52. The highest BCUT2D eigenvalue weighted by atomic mass is 35.5. The lowest BCUT2D eigenvalue weighted by atomic mass is 10.2. The molecule has 1 heterocycles. The standard InChI is InChI=1S/C10H9ClN2S/c1-2-8-12-7-5-3-4-6(11)9(7)10(14)13-8/h3-5H,2H2,1H3,(H,12,13,14). The molecule has 0 bridgehead atoms. The van der Waals surface area contributed by atoms with Gasteiger partial charge in [0.1, 0.15) is 10.5 Å². The zero-order chi connectivity index (χ0) is 10.1. The van der Waals surface area contributed by atoms with Crippen LogP contribution in [0.4, 0.5) is 0 Å². The van der Waals surface area contributed by atoms with Gasteiger partial charge in [0.15, 0.2) is 0 Å². The van der Waals surface area contributed by atoms with Crippen molar-refractivity contribution < 1.29 is 0 Å². The number of fused-ring (bicyclic) bond motifs is 1. The molecule has 0 unspecified atom stereocenters. The smallest absolute Gasteiger partial charge is 0.139 e. The summed E-state index contributed by atoms with van der Waals surface area (Å²) in [6.45, 7) is 2.03. The van der Waals surface area contributed by atoms with Gasteiger partial charge in [-0.05, 0) is 12.1 Å². The minimum Gasteiger partial charge on any atom is -0.343 e. The molecule has 2 aromatic rings. The predicted molar refractivity (Wildman–Crippen MR) is 61.3 cm³/mol. The van der Waals surface area contributed by atoms with Crippen LogP contribution in [0.25, 0.3) is 10.9 Å². The zero-order valence-electron chi connectivity index (χ0n) is 7.67. The molecule has 1 aromatic heterocycles. The molecule has 0 saturated carbocycles. The number of hydrogen-bond acceptors (Lipinski definition) is 2. The molecule has 0 amide bonds. The van der Waals surface area contributed by atoms with Crippen molar-refractivity contribution in [3.63, 3.8) is 0 Å². The van der Waals surface area contributed by atoms with Crippen LogP contribution in [0.15, 0.2) is 18.2 Å². The van der Waals surface area contributed by atoms with E-state index >= 15 is 0 Å². The molecule has 4 heteroatoms. The molecule has 0 atom stereocenters. The summed E-state index contributed by atoms with van der Waals surface area (Å²) in [7, 11) is 0. The fraction of sp³-hybridized carbons (Fsp3) is 0.200. The molecule has 0 spiro atoms. The second kappa shape index (κ2) is 3.67. The van der Waals surface area contributed by atoms with Crippen molar-refractivity contribution in [1.29, 1.82) is 0 Å². The van der Waals surface area contributed by atoms with Crippen molar-refractivity contribution in [2.75, 3.05) is 0 Å². The topological polar surface area (TPSA) is 28.7 Å². The van der Waals surface area contributed by atoms with E-state index in [1.54, 1.807) is 0 Å². The van der Waals surface area contributed by atoms with Gasteiger partial charge in [-0.25, -0.2) is 4.98 Å². The number of rotatable bonds is 1. The Morgan fingerprint density at radius 2 is 2.29 bits per heavy atom. The van der Waals surface area contributed by atoms with Crippen LogP contribution in [-0.2, 0) is 6.42 Å². The third kappa shape index (κ3) is 1.53. The number of aromatic nitrogens is 2. The van der Waals surface area contributed by atoms with Crippen molar-refractivity contribution >= 4 is 34.7 Å². The molecular weight excluding hydrogens is 216 g/mol. The summed E-state index contributed by atoms with van der Waals surface area (Å²) in [6, 6.07) is 5.67. The van der Waals surface area contributed by atoms with E-state index in [-0.39, 0.29) is 0 Å². The van der Waals surface area contributed by atoms with E-state index in [0.717, 1.165) is 23.1 Å². The van der Waals surface area contributed by atoms with Crippen LogP contribution in [0.1, 0.15) is 12.7 Å². The van der Waals surface area contributed by atoms with E-state index in [4.69, 9.17) is 23.8 Å². The molecule has 0 aliphatic rings. The fourth-order valence-corrected chi connectivity index (χ4v) is 2.03. The molecule has 0 aliphatic carbocycles. The summed E-state index contributed by atoms with van der Waals surface area (Å²) in [5.74, 6) is 0.893. The monoisotopic (exact) mass is 224 g/mol. The summed E-state index contributed by atoms with van der Waals surface area (Å²) < 4.78 is 0.571. The molecule has 0 saturated heterocycles. The van der Waals surface area contributed by atoms with Crippen LogP contribution in [-0.4, -0.2) is 9.97 Å². The summed E-state index contributed by atoms with van der Waals surface area (Å²) >= 11 is 11.2. The molecule has 1 aromatic carbocycles. The van der Waals surface area contributed by atoms with Gasteiger partial charge in [0.25, 0.3) is 0 Å². The number of nitrogens with zero attached hydrogens (tertiary/aromatic N) is 1. The lowest BCUT2D eigenvalue weighted by Gasteiger charge is -2.03. The Morgan fingerprint density at radius 1 is 1.50 bits per heavy atom. The molecule has 1 N–H and O–H groups in total. The molecule has 2 nitrogen and oxygen atoms in total. The Hall–Kier alpha value is -0.930. The number of halogens is 1. The number of nitrogens with one attached hydrogen (secondary N) is 1. The van der Waals surface area contributed by atoms with Crippen LogP contribution < -0.4 is 0 Å². The Bertz CT molecular complexity index is 533. The summed E-state index contributed by atoms with van der Waals surface area (Å²) in [6.07, 6.45) is 0.839. The lowest BCUT2D eigenvalue weighted by Crippen LogP contribution is -1.94. The number of aromatic amines is 1. The maximum atomic E-state index is 6.03. The maximum absolute atomic E-state index is 6.03. The van der Waals surface area contributed by atoms with Crippen molar-refractivity contribution in [3.8, 4) is 0 Å². The normalized spacial score (nSPS) is 10.7. The Labute approximate surface area is 91.9 Å². The fourth-order valence-electron chi connectivity index (χ4n) is 1.37. The molecule has 2 rings (SSSR count). The van der Waals surface area contributed by atoms with Crippen LogP contribution in [0, 0.1) is 4.64 Å². The molecular formula is C10H9ClN2S. The van der Waals surface area contributed by atoms with Gasteiger partial charge in [-0.3, -0.25) is 0 Å². The van der Waals surface area contributed by atoms with Gasteiger partial charge >= 0.3 is 0 Å².